The molecule has 29 heavy (non-hydrogen) atoms. The zero-order valence-corrected chi connectivity index (χ0v) is 18.2. The number of aromatic amines is 1. The molecule has 0 atom stereocenters. The van der Waals surface area contributed by atoms with Crippen LogP contribution in [0.3, 0.4) is 0 Å². The fourth-order valence-electron chi connectivity index (χ4n) is 3.67. The Balaban J connectivity index is 1.28. The summed E-state index contributed by atoms with van der Waals surface area (Å²) in [6.45, 7) is 1.46. The van der Waals surface area contributed by atoms with Crippen molar-refractivity contribution in [2.24, 2.45) is 0 Å². The molecule has 1 fully saturated rings. The summed E-state index contributed by atoms with van der Waals surface area (Å²) in [6.07, 6.45) is 4.08. The molecule has 0 saturated carbocycles. The summed E-state index contributed by atoms with van der Waals surface area (Å²) < 4.78 is 27.5. The first-order chi connectivity index (χ1) is 13.9. The van der Waals surface area contributed by atoms with E-state index >= 15 is 0 Å². The summed E-state index contributed by atoms with van der Waals surface area (Å²) in [5.41, 5.74) is 2.33. The molecule has 1 saturated heterocycles. The molecule has 3 heterocycles. The van der Waals surface area contributed by atoms with Crippen LogP contribution in [0.4, 0.5) is 0 Å². The second kappa shape index (κ2) is 8.47. The number of hydrogen-bond acceptors (Lipinski definition) is 4. The topological polar surface area (TPSA) is 73.5 Å². The molecule has 1 aliphatic heterocycles. The third kappa shape index (κ3) is 4.35. The van der Waals surface area contributed by atoms with E-state index < -0.39 is 10.0 Å². The largest absolute Gasteiger partial charge is 0.361 e. The quantitative estimate of drug-likeness (QED) is 0.620. The summed E-state index contributed by atoms with van der Waals surface area (Å²) in [5, 5.41) is 1.20. The van der Waals surface area contributed by atoms with Crippen molar-refractivity contribution in [3.8, 4) is 0 Å². The number of sulfonamides is 1. The van der Waals surface area contributed by atoms with Crippen LogP contribution < -0.4 is 0 Å². The molecule has 9 heteroatoms. The van der Waals surface area contributed by atoms with Crippen LogP contribution in [0.25, 0.3) is 10.9 Å². The van der Waals surface area contributed by atoms with E-state index in [0.29, 0.717) is 36.9 Å². The lowest BCUT2D eigenvalue weighted by Crippen LogP contribution is -2.50. The lowest BCUT2D eigenvalue weighted by Gasteiger charge is -2.33. The molecule has 1 aliphatic rings. The Morgan fingerprint density at radius 1 is 1.10 bits per heavy atom. The van der Waals surface area contributed by atoms with Gasteiger partial charge >= 0.3 is 0 Å². The summed E-state index contributed by atoms with van der Waals surface area (Å²) in [4.78, 5) is 17.6. The van der Waals surface area contributed by atoms with E-state index in [-0.39, 0.29) is 10.1 Å². The van der Waals surface area contributed by atoms with Gasteiger partial charge in [0.15, 0.2) is 0 Å². The molecule has 3 aromatic rings. The number of nitrogens with zero attached hydrogens (tertiary/aromatic N) is 2. The maximum absolute atomic E-state index is 12.7. The van der Waals surface area contributed by atoms with Gasteiger partial charge in [0.05, 0.1) is 4.34 Å². The van der Waals surface area contributed by atoms with Crippen molar-refractivity contribution in [2.45, 2.75) is 23.5 Å². The highest BCUT2D eigenvalue weighted by molar-refractivity contribution is 7.91. The van der Waals surface area contributed by atoms with Crippen molar-refractivity contribution in [2.75, 3.05) is 26.2 Å². The standard InChI is InChI=1S/C20H22ClN3O3S2/c21-18-8-9-20(28-18)29(26,27)24-12-10-23(11-13-24)19(25)7-3-4-15-14-22-17-6-2-1-5-16(15)17/h1-2,5-6,8-9,14,22H,3-4,7,10-13H2. The molecule has 0 bridgehead atoms. The van der Waals surface area contributed by atoms with E-state index in [1.165, 1.54) is 21.3 Å². The fraction of sp³-hybridized carbons (Fsp3) is 0.350. The molecule has 0 aliphatic carbocycles. The third-order valence-electron chi connectivity index (χ3n) is 5.25. The lowest BCUT2D eigenvalue weighted by molar-refractivity contribution is -0.132. The number of fused-ring (bicyclic) bond motifs is 1. The molecule has 0 radical (unpaired) electrons. The molecule has 0 unspecified atom stereocenters. The Hall–Kier alpha value is -1.87. The van der Waals surface area contributed by atoms with Gasteiger partial charge < -0.3 is 9.88 Å². The van der Waals surface area contributed by atoms with Gasteiger partial charge in [0.2, 0.25) is 5.91 Å². The van der Waals surface area contributed by atoms with Crippen molar-refractivity contribution < 1.29 is 13.2 Å². The molecule has 6 nitrogen and oxygen atoms in total. The van der Waals surface area contributed by atoms with Gasteiger partial charge in [-0.15, -0.1) is 11.3 Å². The first kappa shape index (κ1) is 20.4. The predicted octanol–water partition coefficient (Wildman–Crippen LogP) is 3.74. The number of benzene rings is 1. The Labute approximate surface area is 179 Å². The molecule has 1 amide bonds. The van der Waals surface area contributed by atoms with Crippen molar-refractivity contribution in [1.82, 2.24) is 14.2 Å². The Bertz CT molecular complexity index is 1110. The maximum Gasteiger partial charge on any atom is 0.252 e. The number of hydrogen-bond donors (Lipinski definition) is 1. The van der Waals surface area contributed by atoms with Gasteiger partial charge in [-0.1, -0.05) is 29.8 Å². The van der Waals surface area contributed by atoms with Crippen LogP contribution in [-0.4, -0.2) is 54.7 Å². The maximum atomic E-state index is 12.7. The number of carbonyl (C=O) groups is 1. The highest BCUT2D eigenvalue weighted by Gasteiger charge is 2.30. The van der Waals surface area contributed by atoms with Crippen molar-refractivity contribution in [1.29, 1.82) is 0 Å². The molecule has 1 N–H and O–H groups in total. The highest BCUT2D eigenvalue weighted by atomic mass is 35.5. The lowest BCUT2D eigenvalue weighted by atomic mass is 10.1. The summed E-state index contributed by atoms with van der Waals surface area (Å²) >= 11 is 6.93. The molecular formula is C20H22ClN3O3S2. The van der Waals surface area contributed by atoms with Gasteiger partial charge in [-0.25, -0.2) is 8.42 Å². The van der Waals surface area contributed by atoms with Crippen molar-refractivity contribution in [3.05, 3.63) is 52.5 Å². The smallest absolute Gasteiger partial charge is 0.252 e. The van der Waals surface area contributed by atoms with E-state index in [9.17, 15) is 13.2 Å². The SMILES string of the molecule is O=C(CCCc1c[nH]c2ccccc12)N1CCN(S(=O)(=O)c2ccc(Cl)s2)CC1. The number of H-pyrrole nitrogens is 1. The number of nitrogens with one attached hydrogen (secondary N) is 1. The number of aromatic nitrogens is 1. The number of halogens is 1. The van der Waals surface area contributed by atoms with Crippen LogP contribution in [0.2, 0.25) is 4.34 Å². The van der Waals surface area contributed by atoms with Crippen LogP contribution in [0.5, 0.6) is 0 Å². The van der Waals surface area contributed by atoms with Crippen LogP contribution in [-0.2, 0) is 21.2 Å². The molecule has 1 aromatic carbocycles. The van der Waals surface area contributed by atoms with E-state index in [1.54, 1.807) is 11.0 Å². The monoisotopic (exact) mass is 451 g/mol. The minimum Gasteiger partial charge on any atom is -0.361 e. The third-order valence-corrected chi connectivity index (χ3v) is 8.84. The Kier molecular flexibility index (Phi) is 5.96. The highest BCUT2D eigenvalue weighted by Crippen LogP contribution is 2.28. The average Bonchev–Trinajstić information content (AvgIpc) is 3.35. The number of rotatable bonds is 6. The number of piperazine rings is 1. The van der Waals surface area contributed by atoms with Gasteiger partial charge in [0.1, 0.15) is 4.21 Å². The summed E-state index contributed by atoms with van der Waals surface area (Å²) in [7, 11) is -3.53. The van der Waals surface area contributed by atoms with Gasteiger partial charge in [-0.05, 0) is 36.6 Å². The first-order valence-electron chi connectivity index (χ1n) is 9.53. The second-order valence-electron chi connectivity index (χ2n) is 7.06. The molecule has 4 rings (SSSR count). The van der Waals surface area contributed by atoms with Crippen LogP contribution in [0.1, 0.15) is 18.4 Å². The van der Waals surface area contributed by atoms with E-state index in [0.717, 1.165) is 29.7 Å². The average molecular weight is 452 g/mol. The number of carbonyl (C=O) groups excluding carboxylic acids is 1. The van der Waals surface area contributed by atoms with Gasteiger partial charge in [0.25, 0.3) is 10.0 Å². The Morgan fingerprint density at radius 3 is 2.59 bits per heavy atom. The van der Waals surface area contributed by atoms with E-state index in [1.807, 2.05) is 24.4 Å². The summed E-state index contributed by atoms with van der Waals surface area (Å²) in [6, 6.07) is 11.3. The molecule has 154 valence electrons. The molecule has 0 spiro atoms. The molecular weight excluding hydrogens is 430 g/mol. The van der Waals surface area contributed by atoms with Crippen LogP contribution in [0.15, 0.2) is 46.8 Å². The molecule has 2 aromatic heterocycles. The first-order valence-corrected chi connectivity index (χ1v) is 12.2. The van der Waals surface area contributed by atoms with Crippen molar-refractivity contribution >= 4 is 49.8 Å². The minimum absolute atomic E-state index is 0.0843. The second-order valence-corrected chi connectivity index (χ2v) is 10.9. The predicted molar refractivity (Wildman–Crippen MR) is 116 cm³/mol. The van der Waals surface area contributed by atoms with Crippen LogP contribution >= 0.6 is 22.9 Å². The van der Waals surface area contributed by atoms with Gasteiger partial charge in [0, 0.05) is 49.7 Å². The zero-order chi connectivity index (χ0) is 20.4. The van der Waals surface area contributed by atoms with Gasteiger partial charge in [-0.3, -0.25) is 4.79 Å². The van der Waals surface area contributed by atoms with E-state index in [2.05, 4.69) is 11.1 Å². The fourth-order valence-corrected chi connectivity index (χ4v) is 6.73. The van der Waals surface area contributed by atoms with E-state index in [4.69, 9.17) is 11.6 Å². The summed E-state index contributed by atoms with van der Waals surface area (Å²) in [5.74, 6) is 0.0843. The number of thiophene rings is 1. The van der Waals surface area contributed by atoms with Crippen LogP contribution in [0, 0.1) is 0 Å². The zero-order valence-electron chi connectivity index (χ0n) is 15.8. The Morgan fingerprint density at radius 2 is 1.86 bits per heavy atom. The number of aryl methyl sites for hydroxylation is 1. The van der Waals surface area contributed by atoms with Gasteiger partial charge in [-0.2, -0.15) is 4.31 Å². The number of amides is 1. The number of para-hydroxylation sites is 1. The minimum atomic E-state index is -3.53. The van der Waals surface area contributed by atoms with Crippen molar-refractivity contribution in [3.63, 3.8) is 0 Å². The normalized spacial score (nSPS) is 15.8.